The van der Waals surface area contributed by atoms with E-state index in [9.17, 15) is 9.59 Å². The number of nitrogens with zero attached hydrogens (tertiary/aromatic N) is 1. The number of amides is 2. The van der Waals surface area contributed by atoms with Crippen LogP contribution in [-0.4, -0.2) is 34.5 Å². The Hall–Kier alpha value is -2.41. The van der Waals surface area contributed by atoms with Crippen LogP contribution in [0.25, 0.3) is 5.69 Å². The highest BCUT2D eigenvalue weighted by Gasteiger charge is 2.14. The second-order valence-electron chi connectivity index (χ2n) is 4.29. The third kappa shape index (κ3) is 3.57. The smallest absolute Gasteiger partial charge is 0.270 e. The van der Waals surface area contributed by atoms with Gasteiger partial charge in [-0.2, -0.15) is 0 Å². The molecule has 1 aromatic heterocycles. The first kappa shape index (κ1) is 15.0. The summed E-state index contributed by atoms with van der Waals surface area (Å²) in [5.41, 5.74) is 1.14. The van der Waals surface area contributed by atoms with E-state index in [1.807, 2.05) is 37.3 Å². The highest BCUT2D eigenvalue weighted by atomic mass is 32.1. The molecule has 2 amide bonds. The lowest BCUT2D eigenvalue weighted by Gasteiger charge is -2.09. The van der Waals surface area contributed by atoms with Crippen molar-refractivity contribution in [1.29, 1.82) is 0 Å². The van der Waals surface area contributed by atoms with Gasteiger partial charge in [0.25, 0.3) is 5.91 Å². The third-order valence-corrected chi connectivity index (χ3v) is 3.11. The Morgan fingerprint density at radius 1 is 1.24 bits per heavy atom. The summed E-state index contributed by atoms with van der Waals surface area (Å²) in [7, 11) is 0. The van der Waals surface area contributed by atoms with Crippen molar-refractivity contribution in [2.75, 3.05) is 13.1 Å². The minimum absolute atomic E-state index is 0.0700. The number of aromatic amines is 1. The monoisotopic (exact) mass is 304 g/mol. The topological polar surface area (TPSA) is 78.9 Å². The summed E-state index contributed by atoms with van der Waals surface area (Å²) in [5, 5.41) is 5.18. The van der Waals surface area contributed by atoms with Gasteiger partial charge in [0.15, 0.2) is 4.77 Å². The number of hydrogen-bond donors (Lipinski definition) is 3. The summed E-state index contributed by atoms with van der Waals surface area (Å²) in [6.45, 7) is 2.28. The van der Waals surface area contributed by atoms with E-state index in [-0.39, 0.29) is 18.4 Å². The number of imidazole rings is 1. The summed E-state index contributed by atoms with van der Waals surface area (Å²) in [5.74, 6) is -0.594. The molecule has 0 spiro atoms. The zero-order valence-electron chi connectivity index (χ0n) is 11.6. The van der Waals surface area contributed by atoms with Crippen LogP contribution in [0, 0.1) is 4.77 Å². The zero-order chi connectivity index (χ0) is 15.2. The number of aromatic nitrogens is 2. The van der Waals surface area contributed by atoms with Gasteiger partial charge < -0.3 is 15.6 Å². The molecule has 0 saturated carbocycles. The molecule has 0 fully saturated rings. The second kappa shape index (κ2) is 6.85. The van der Waals surface area contributed by atoms with E-state index in [0.29, 0.717) is 17.0 Å². The van der Waals surface area contributed by atoms with Crippen LogP contribution in [-0.2, 0) is 4.79 Å². The fourth-order valence-electron chi connectivity index (χ4n) is 1.88. The highest BCUT2D eigenvalue weighted by Crippen LogP contribution is 2.12. The van der Waals surface area contributed by atoms with Crippen molar-refractivity contribution >= 4 is 24.0 Å². The molecule has 0 aliphatic rings. The van der Waals surface area contributed by atoms with Gasteiger partial charge in [0, 0.05) is 18.4 Å². The van der Waals surface area contributed by atoms with Crippen molar-refractivity contribution in [2.45, 2.75) is 6.92 Å². The summed E-state index contributed by atoms with van der Waals surface area (Å²) >= 11 is 5.20. The SMILES string of the molecule is CCNC(=O)CNC(=O)c1c[nH]c(=S)n1-c1ccccc1. The minimum Gasteiger partial charge on any atom is -0.355 e. The Bertz CT molecular complexity index is 690. The van der Waals surface area contributed by atoms with Gasteiger partial charge >= 0.3 is 0 Å². The molecule has 110 valence electrons. The predicted molar refractivity (Wildman–Crippen MR) is 82.0 cm³/mol. The molecule has 1 aromatic carbocycles. The number of carbonyl (C=O) groups excluding carboxylic acids is 2. The van der Waals surface area contributed by atoms with Crippen LogP contribution in [0.5, 0.6) is 0 Å². The van der Waals surface area contributed by atoms with Crippen molar-refractivity contribution in [1.82, 2.24) is 20.2 Å². The third-order valence-electron chi connectivity index (χ3n) is 2.81. The van der Waals surface area contributed by atoms with Crippen molar-refractivity contribution in [3.8, 4) is 5.69 Å². The van der Waals surface area contributed by atoms with Gasteiger partial charge in [0.2, 0.25) is 5.91 Å². The summed E-state index contributed by atoms with van der Waals surface area (Å²) < 4.78 is 2.05. The number of nitrogens with one attached hydrogen (secondary N) is 3. The Labute approximate surface area is 127 Å². The molecule has 21 heavy (non-hydrogen) atoms. The number of hydrogen-bond acceptors (Lipinski definition) is 3. The van der Waals surface area contributed by atoms with Crippen LogP contribution in [0.1, 0.15) is 17.4 Å². The van der Waals surface area contributed by atoms with Gasteiger partial charge in [-0.25, -0.2) is 0 Å². The van der Waals surface area contributed by atoms with E-state index in [1.54, 1.807) is 4.57 Å². The Kier molecular flexibility index (Phi) is 4.89. The molecular formula is C14H16N4O2S. The average Bonchev–Trinajstić information content (AvgIpc) is 2.88. The fourth-order valence-corrected chi connectivity index (χ4v) is 2.14. The maximum atomic E-state index is 12.2. The van der Waals surface area contributed by atoms with E-state index in [4.69, 9.17) is 12.2 Å². The van der Waals surface area contributed by atoms with E-state index in [1.165, 1.54) is 6.20 Å². The fraction of sp³-hybridized carbons (Fsp3) is 0.214. The molecule has 0 atom stereocenters. The molecular weight excluding hydrogens is 288 g/mol. The van der Waals surface area contributed by atoms with Crippen LogP contribution in [0.15, 0.2) is 36.5 Å². The molecule has 6 nitrogen and oxygen atoms in total. The van der Waals surface area contributed by atoms with Crippen LogP contribution >= 0.6 is 12.2 Å². The lowest BCUT2D eigenvalue weighted by molar-refractivity contribution is -0.120. The maximum absolute atomic E-state index is 12.2. The van der Waals surface area contributed by atoms with Crippen molar-refractivity contribution < 1.29 is 9.59 Å². The van der Waals surface area contributed by atoms with E-state index in [0.717, 1.165) is 5.69 Å². The number of carbonyl (C=O) groups is 2. The average molecular weight is 304 g/mol. The predicted octanol–water partition coefficient (Wildman–Crippen LogP) is 1.40. The van der Waals surface area contributed by atoms with E-state index in [2.05, 4.69) is 15.6 Å². The first-order chi connectivity index (χ1) is 10.1. The molecule has 1 heterocycles. The summed E-state index contributed by atoms with van der Waals surface area (Å²) in [6.07, 6.45) is 1.53. The Balaban J connectivity index is 2.20. The van der Waals surface area contributed by atoms with Gasteiger partial charge in [-0.1, -0.05) is 18.2 Å². The molecule has 2 rings (SSSR count). The van der Waals surface area contributed by atoms with Gasteiger partial charge in [0.1, 0.15) is 5.69 Å². The first-order valence-electron chi connectivity index (χ1n) is 6.54. The lowest BCUT2D eigenvalue weighted by atomic mass is 10.3. The van der Waals surface area contributed by atoms with Crippen molar-refractivity contribution in [3.63, 3.8) is 0 Å². The molecule has 0 unspecified atom stereocenters. The van der Waals surface area contributed by atoms with Crippen LogP contribution < -0.4 is 10.6 Å². The first-order valence-corrected chi connectivity index (χ1v) is 6.95. The van der Waals surface area contributed by atoms with Crippen LogP contribution in [0.3, 0.4) is 0 Å². The van der Waals surface area contributed by atoms with E-state index < -0.39 is 0 Å². The second-order valence-corrected chi connectivity index (χ2v) is 4.67. The number of H-pyrrole nitrogens is 1. The lowest BCUT2D eigenvalue weighted by Crippen LogP contribution is -2.37. The van der Waals surface area contributed by atoms with Crippen molar-refractivity contribution in [2.24, 2.45) is 0 Å². The molecule has 0 aliphatic carbocycles. The van der Waals surface area contributed by atoms with Crippen LogP contribution in [0.4, 0.5) is 0 Å². The highest BCUT2D eigenvalue weighted by molar-refractivity contribution is 7.71. The number of benzene rings is 1. The largest absolute Gasteiger partial charge is 0.355 e. The number of para-hydroxylation sites is 1. The van der Waals surface area contributed by atoms with Gasteiger partial charge in [-0.3, -0.25) is 14.2 Å². The standard InChI is InChI=1S/C14H16N4O2S/c1-2-15-12(19)9-16-13(20)11-8-17-14(21)18(11)10-6-4-3-5-7-10/h3-8H,2,9H2,1H3,(H,15,19)(H,16,20)(H,17,21). The van der Waals surface area contributed by atoms with Gasteiger partial charge in [-0.15, -0.1) is 0 Å². The molecule has 0 saturated heterocycles. The molecule has 3 N–H and O–H groups in total. The minimum atomic E-state index is -0.363. The summed E-state index contributed by atoms with van der Waals surface area (Å²) in [6, 6.07) is 9.31. The maximum Gasteiger partial charge on any atom is 0.270 e. The molecule has 0 aliphatic heterocycles. The van der Waals surface area contributed by atoms with Gasteiger partial charge in [-0.05, 0) is 31.3 Å². The van der Waals surface area contributed by atoms with Crippen LogP contribution in [0.2, 0.25) is 0 Å². The normalized spacial score (nSPS) is 10.1. The Morgan fingerprint density at radius 2 is 1.95 bits per heavy atom. The number of rotatable bonds is 5. The zero-order valence-corrected chi connectivity index (χ0v) is 12.4. The van der Waals surface area contributed by atoms with E-state index >= 15 is 0 Å². The molecule has 2 aromatic rings. The summed E-state index contributed by atoms with van der Waals surface area (Å²) in [4.78, 5) is 26.4. The Morgan fingerprint density at radius 3 is 2.62 bits per heavy atom. The van der Waals surface area contributed by atoms with Crippen molar-refractivity contribution in [3.05, 3.63) is 47.0 Å². The molecule has 0 bridgehead atoms. The molecule has 0 radical (unpaired) electrons. The van der Waals surface area contributed by atoms with Gasteiger partial charge in [0.05, 0.1) is 6.54 Å². The quantitative estimate of drug-likeness (QED) is 0.731. The number of likely N-dealkylation sites (N-methyl/N-ethyl adjacent to an activating group) is 1. The molecule has 7 heteroatoms.